The van der Waals surface area contributed by atoms with E-state index in [0.29, 0.717) is 45.9 Å². The second-order valence-electron chi connectivity index (χ2n) is 12.9. The quantitative estimate of drug-likeness (QED) is 0.116. The van der Waals surface area contributed by atoms with Crippen molar-refractivity contribution >= 4 is 68.1 Å². The Kier molecular flexibility index (Phi) is 8.69. The number of ether oxygens (including phenoxy) is 1. The molecule has 1 aliphatic heterocycles. The summed E-state index contributed by atoms with van der Waals surface area (Å²) in [7, 11) is 5.38. The van der Waals surface area contributed by atoms with Crippen molar-refractivity contribution in [3.63, 3.8) is 0 Å². The average Bonchev–Trinajstić information content (AvgIpc) is 3.38. The highest BCUT2D eigenvalue weighted by Crippen LogP contribution is 2.53. The Morgan fingerprint density at radius 2 is 1.60 bits per heavy atom. The number of fused-ring (bicyclic) bond motifs is 3. The molecule has 0 radical (unpaired) electrons. The van der Waals surface area contributed by atoms with Gasteiger partial charge in [0.25, 0.3) is 0 Å². The van der Waals surface area contributed by atoms with Crippen LogP contribution >= 0.6 is 15.9 Å². The maximum atomic E-state index is 14.2. The molecular formula is C39H33BrN4O6. The van der Waals surface area contributed by atoms with E-state index in [1.54, 1.807) is 36.4 Å². The van der Waals surface area contributed by atoms with Crippen molar-refractivity contribution in [3.05, 3.63) is 112 Å². The molecule has 4 aliphatic rings. The van der Waals surface area contributed by atoms with Crippen LogP contribution in [0.3, 0.4) is 0 Å². The molecule has 1 N–H and O–H groups in total. The van der Waals surface area contributed by atoms with Gasteiger partial charge in [-0.15, -0.1) is 0 Å². The van der Waals surface area contributed by atoms with Crippen molar-refractivity contribution in [1.82, 2.24) is 0 Å². The van der Waals surface area contributed by atoms with E-state index < -0.39 is 23.7 Å². The molecule has 0 spiro atoms. The lowest BCUT2D eigenvalue weighted by atomic mass is 9.61. The number of azo groups is 1. The zero-order valence-electron chi connectivity index (χ0n) is 27.5. The summed E-state index contributed by atoms with van der Waals surface area (Å²) >= 11 is 3.26. The molecular weight excluding hydrogens is 700 g/mol. The Labute approximate surface area is 297 Å². The van der Waals surface area contributed by atoms with Crippen molar-refractivity contribution in [3.8, 4) is 11.5 Å². The van der Waals surface area contributed by atoms with Crippen LogP contribution in [-0.4, -0.2) is 49.7 Å². The molecule has 7 rings (SSSR count). The molecule has 3 aliphatic carbocycles. The predicted molar refractivity (Wildman–Crippen MR) is 193 cm³/mol. The normalized spacial score (nSPS) is 23.2. The van der Waals surface area contributed by atoms with Gasteiger partial charge in [-0.3, -0.25) is 24.1 Å². The summed E-state index contributed by atoms with van der Waals surface area (Å²) in [6.45, 7) is 0. The minimum absolute atomic E-state index is 0.00422. The van der Waals surface area contributed by atoms with E-state index >= 15 is 0 Å². The van der Waals surface area contributed by atoms with Crippen LogP contribution in [0.4, 0.5) is 22.7 Å². The number of allylic oxidation sites excluding steroid dienone is 7. The van der Waals surface area contributed by atoms with Crippen LogP contribution < -0.4 is 14.5 Å². The second-order valence-corrected chi connectivity index (χ2v) is 13.7. The highest BCUT2D eigenvalue weighted by atomic mass is 79.9. The van der Waals surface area contributed by atoms with Crippen molar-refractivity contribution in [1.29, 1.82) is 0 Å². The number of phenols is 1. The van der Waals surface area contributed by atoms with E-state index in [-0.39, 0.29) is 40.0 Å². The molecule has 252 valence electrons. The van der Waals surface area contributed by atoms with Gasteiger partial charge in [0.15, 0.2) is 23.1 Å². The Balaban J connectivity index is 1.17. The molecule has 2 amide bonds. The third-order valence-corrected chi connectivity index (χ3v) is 10.4. The third-order valence-electron chi connectivity index (χ3n) is 9.82. The van der Waals surface area contributed by atoms with Crippen LogP contribution in [0.25, 0.3) is 6.08 Å². The Hall–Kier alpha value is -5.42. The van der Waals surface area contributed by atoms with Crippen LogP contribution in [0, 0.1) is 23.7 Å². The fraction of sp³-hybridized carbons (Fsp3) is 0.231. The molecule has 3 aromatic rings. The van der Waals surface area contributed by atoms with Gasteiger partial charge in [0, 0.05) is 42.9 Å². The maximum absolute atomic E-state index is 14.2. The third kappa shape index (κ3) is 5.81. The number of nitrogens with zero attached hydrogens (tertiary/aromatic N) is 4. The van der Waals surface area contributed by atoms with Crippen LogP contribution in [-0.2, 0) is 19.2 Å². The molecule has 1 fully saturated rings. The lowest BCUT2D eigenvalue weighted by molar-refractivity contribution is -0.123. The van der Waals surface area contributed by atoms with Crippen molar-refractivity contribution in [2.75, 3.05) is 31.0 Å². The summed E-state index contributed by atoms with van der Waals surface area (Å²) < 4.78 is 5.42. The summed E-state index contributed by atoms with van der Waals surface area (Å²) in [5, 5.41) is 18.7. The van der Waals surface area contributed by atoms with Gasteiger partial charge in [-0.05, 0) is 101 Å². The van der Waals surface area contributed by atoms with Crippen LogP contribution in [0.1, 0.15) is 18.4 Å². The number of benzene rings is 3. The lowest BCUT2D eigenvalue weighted by Crippen LogP contribution is -2.40. The van der Waals surface area contributed by atoms with Gasteiger partial charge in [0.1, 0.15) is 0 Å². The van der Waals surface area contributed by atoms with Crippen LogP contribution in [0.15, 0.2) is 116 Å². The number of amides is 2. The van der Waals surface area contributed by atoms with E-state index in [0.717, 1.165) is 11.3 Å². The first kappa shape index (κ1) is 33.1. The molecule has 4 atom stereocenters. The first-order chi connectivity index (χ1) is 24.0. The molecule has 1 heterocycles. The molecule has 1 saturated heterocycles. The molecule has 10 nitrogen and oxygen atoms in total. The fourth-order valence-electron chi connectivity index (χ4n) is 7.35. The van der Waals surface area contributed by atoms with Gasteiger partial charge >= 0.3 is 0 Å². The Bertz CT molecular complexity index is 2090. The topological polar surface area (TPSA) is 129 Å². The summed E-state index contributed by atoms with van der Waals surface area (Å²) in [4.78, 5) is 58.2. The summed E-state index contributed by atoms with van der Waals surface area (Å²) in [6, 6.07) is 19.4. The van der Waals surface area contributed by atoms with E-state index in [4.69, 9.17) is 4.74 Å². The number of carbonyl (C=O) groups is 4. The predicted octanol–water partition coefficient (Wildman–Crippen LogP) is 7.39. The highest BCUT2D eigenvalue weighted by Gasteiger charge is 2.56. The van der Waals surface area contributed by atoms with Crippen molar-refractivity contribution in [2.45, 2.75) is 12.8 Å². The first-order valence-electron chi connectivity index (χ1n) is 16.2. The first-order valence-corrected chi connectivity index (χ1v) is 17.0. The number of aromatic hydroxyl groups is 1. The molecule has 0 saturated carbocycles. The van der Waals surface area contributed by atoms with Gasteiger partial charge in [-0.1, -0.05) is 29.9 Å². The van der Waals surface area contributed by atoms with E-state index in [2.05, 4.69) is 26.2 Å². The largest absolute Gasteiger partial charge is 0.504 e. The number of phenolic OH excluding ortho intramolecular Hbond substituents is 1. The van der Waals surface area contributed by atoms with Gasteiger partial charge in [0.05, 0.1) is 40.5 Å². The summed E-state index contributed by atoms with van der Waals surface area (Å²) in [5.74, 6) is -3.23. The SMILES string of the molecule is COc1cc(C=CC2C3=CCC4C(=O)N(c5ccc(N=Nc6ccc(N(C)C)cc6)cc5)C(=O)C4C3CC3=C2C(=O)C=C(Br)C3=O)ccc1O. The van der Waals surface area contributed by atoms with Crippen LogP contribution in [0.5, 0.6) is 11.5 Å². The summed E-state index contributed by atoms with van der Waals surface area (Å²) in [5.41, 5.74) is 5.05. The van der Waals surface area contributed by atoms with Crippen molar-refractivity contribution in [2.24, 2.45) is 33.9 Å². The number of hydrogen-bond acceptors (Lipinski definition) is 9. The second kappa shape index (κ2) is 13.1. The lowest BCUT2D eigenvalue weighted by Gasteiger charge is -2.41. The number of Topliss-reactive ketones (excluding diaryl/α,β-unsaturated/α-hetero) is 1. The van der Waals surface area contributed by atoms with Gasteiger partial charge in [0.2, 0.25) is 11.8 Å². The zero-order chi connectivity index (χ0) is 35.3. The van der Waals surface area contributed by atoms with Crippen LogP contribution in [0.2, 0.25) is 0 Å². The highest BCUT2D eigenvalue weighted by molar-refractivity contribution is 9.12. The number of ketones is 2. The van der Waals surface area contributed by atoms with E-state index in [9.17, 15) is 24.3 Å². The number of halogens is 1. The average molecular weight is 734 g/mol. The summed E-state index contributed by atoms with van der Waals surface area (Å²) in [6.07, 6.45) is 7.43. The van der Waals surface area contributed by atoms with E-state index in [1.807, 2.05) is 61.5 Å². The molecule has 0 aromatic heterocycles. The van der Waals surface area contributed by atoms with Gasteiger partial charge in [-0.25, -0.2) is 0 Å². The number of methoxy groups -OCH3 is 1. The van der Waals surface area contributed by atoms with Gasteiger partial charge in [-0.2, -0.15) is 10.2 Å². The fourth-order valence-corrected chi connectivity index (χ4v) is 7.79. The zero-order valence-corrected chi connectivity index (χ0v) is 29.1. The van der Waals surface area contributed by atoms with Gasteiger partial charge < -0.3 is 14.7 Å². The molecule has 0 bridgehead atoms. The number of rotatable bonds is 7. The smallest absolute Gasteiger partial charge is 0.238 e. The minimum Gasteiger partial charge on any atom is -0.504 e. The minimum atomic E-state index is -0.696. The molecule has 11 heteroatoms. The Morgan fingerprint density at radius 3 is 2.26 bits per heavy atom. The van der Waals surface area contributed by atoms with E-state index in [1.165, 1.54) is 24.2 Å². The number of carbonyl (C=O) groups excluding carboxylic acids is 4. The number of imide groups is 1. The monoisotopic (exact) mass is 732 g/mol. The maximum Gasteiger partial charge on any atom is 0.238 e. The van der Waals surface area contributed by atoms with Crippen molar-refractivity contribution < 1.29 is 29.0 Å². The molecule has 50 heavy (non-hydrogen) atoms. The number of hydrogen-bond donors (Lipinski definition) is 1. The number of anilines is 2. The molecule has 3 aromatic carbocycles. The Morgan fingerprint density at radius 1 is 0.920 bits per heavy atom. The molecule has 4 unspecified atom stereocenters. The standard InChI is InChI=1S/C39H33BrN4O6/c1-43(2)24-10-6-22(7-11-24)41-42-23-8-12-25(13-9-23)44-38(48)28-16-15-26-27(14-4-21-5-17-32(45)34(18-21)50-3)35-30(19-29(26)36(28)39(44)49)37(47)31(40)20-33(35)46/h4-15,17-18,20,27-29,36,45H,16,19H2,1-3H3.